The summed E-state index contributed by atoms with van der Waals surface area (Å²) in [6.45, 7) is 2.14. The lowest BCUT2D eigenvalue weighted by molar-refractivity contribution is 0.168. The molecule has 0 aliphatic carbocycles. The first-order chi connectivity index (χ1) is 5.33. The van der Waals surface area contributed by atoms with E-state index in [0.717, 1.165) is 0 Å². The lowest BCUT2D eigenvalue weighted by Gasteiger charge is -2.01. The van der Waals surface area contributed by atoms with Crippen LogP contribution in [-0.2, 0) is 4.74 Å². The molecule has 0 aromatic carbocycles. The Hall–Kier alpha value is -1.45. The van der Waals surface area contributed by atoms with Crippen LogP contribution in [0.15, 0.2) is 18.3 Å². The number of amides is 1. The maximum atomic E-state index is 10.8. The molecule has 4 heteroatoms. The number of hydrogen-bond donors (Lipinski definition) is 2. The van der Waals surface area contributed by atoms with Gasteiger partial charge in [-0.3, -0.25) is 5.32 Å². The molecular weight excluding hydrogens is 144 g/mol. The van der Waals surface area contributed by atoms with Crippen LogP contribution in [0, 0.1) is 0 Å². The first kappa shape index (κ1) is 7.65. The van der Waals surface area contributed by atoms with Gasteiger partial charge in [0.1, 0.15) is 5.82 Å². The van der Waals surface area contributed by atoms with Gasteiger partial charge in [0.15, 0.2) is 0 Å². The van der Waals surface area contributed by atoms with Crippen LogP contribution in [0.4, 0.5) is 10.6 Å². The van der Waals surface area contributed by atoms with Crippen LogP contribution < -0.4 is 5.32 Å². The highest BCUT2D eigenvalue weighted by molar-refractivity contribution is 5.83. The fourth-order valence-corrected chi connectivity index (χ4v) is 0.685. The van der Waals surface area contributed by atoms with Gasteiger partial charge in [-0.05, 0) is 19.1 Å². The zero-order valence-electron chi connectivity index (χ0n) is 6.26. The average Bonchev–Trinajstić information content (AvgIpc) is 2.40. The molecule has 0 bridgehead atoms. The van der Waals surface area contributed by atoms with Gasteiger partial charge in [-0.15, -0.1) is 0 Å². The molecule has 0 atom stereocenters. The van der Waals surface area contributed by atoms with Crippen LogP contribution in [0.25, 0.3) is 0 Å². The summed E-state index contributed by atoms with van der Waals surface area (Å²) in [5.74, 6) is 0.642. The lowest BCUT2D eigenvalue weighted by Crippen LogP contribution is -2.13. The van der Waals surface area contributed by atoms with E-state index in [0.29, 0.717) is 12.4 Å². The third kappa shape index (κ3) is 2.33. The maximum absolute atomic E-state index is 10.8. The Labute approximate surface area is 64.6 Å². The molecular formula is C7H10N2O2. The number of carbonyl (C=O) groups excluding carboxylic acids is 1. The third-order valence-corrected chi connectivity index (χ3v) is 1.11. The Kier molecular flexibility index (Phi) is 2.54. The number of anilines is 1. The topological polar surface area (TPSA) is 54.1 Å². The van der Waals surface area contributed by atoms with Crippen molar-refractivity contribution in [1.29, 1.82) is 0 Å². The Morgan fingerprint density at radius 2 is 2.64 bits per heavy atom. The smallest absolute Gasteiger partial charge is 0.412 e. The Morgan fingerprint density at radius 3 is 3.18 bits per heavy atom. The van der Waals surface area contributed by atoms with Crippen molar-refractivity contribution in [1.82, 2.24) is 4.98 Å². The minimum Gasteiger partial charge on any atom is -0.450 e. The zero-order chi connectivity index (χ0) is 8.10. The number of nitrogens with one attached hydrogen (secondary N) is 2. The standard InChI is InChI=1S/C7H10N2O2/c1-2-11-7(10)9-6-4-3-5-8-6/h3-5,8H,2H2,1H3,(H,9,10). The fraction of sp³-hybridized carbons (Fsp3) is 0.286. The Morgan fingerprint density at radius 1 is 1.82 bits per heavy atom. The molecule has 0 aliphatic rings. The average molecular weight is 154 g/mol. The summed E-state index contributed by atoms with van der Waals surface area (Å²) in [5.41, 5.74) is 0. The van der Waals surface area contributed by atoms with Crippen LogP contribution in [0.5, 0.6) is 0 Å². The van der Waals surface area contributed by atoms with E-state index in [-0.39, 0.29) is 0 Å². The number of aromatic nitrogens is 1. The molecule has 0 fully saturated rings. The normalized spacial score (nSPS) is 9.18. The van der Waals surface area contributed by atoms with E-state index in [9.17, 15) is 4.79 Å². The number of ether oxygens (including phenoxy) is 1. The minimum atomic E-state index is -0.435. The van der Waals surface area contributed by atoms with Crippen LogP contribution in [-0.4, -0.2) is 17.7 Å². The fourth-order valence-electron chi connectivity index (χ4n) is 0.685. The van der Waals surface area contributed by atoms with Gasteiger partial charge in [-0.25, -0.2) is 4.79 Å². The molecule has 4 nitrogen and oxygen atoms in total. The molecule has 0 spiro atoms. The van der Waals surface area contributed by atoms with Crippen LogP contribution in [0.3, 0.4) is 0 Å². The van der Waals surface area contributed by atoms with Crippen molar-refractivity contribution in [2.24, 2.45) is 0 Å². The molecule has 1 aromatic heterocycles. The second-order valence-electron chi connectivity index (χ2n) is 1.93. The van der Waals surface area contributed by atoms with Gasteiger partial charge in [0, 0.05) is 6.20 Å². The van der Waals surface area contributed by atoms with E-state index < -0.39 is 6.09 Å². The van der Waals surface area contributed by atoms with Crippen LogP contribution >= 0.6 is 0 Å². The van der Waals surface area contributed by atoms with Gasteiger partial charge in [-0.2, -0.15) is 0 Å². The SMILES string of the molecule is CCOC(=O)Nc1ccc[nH]1. The number of carbonyl (C=O) groups is 1. The summed E-state index contributed by atoms with van der Waals surface area (Å²) < 4.78 is 4.65. The highest BCUT2D eigenvalue weighted by Crippen LogP contribution is 2.00. The lowest BCUT2D eigenvalue weighted by atomic mass is 10.6. The zero-order valence-corrected chi connectivity index (χ0v) is 6.26. The molecule has 0 unspecified atom stereocenters. The largest absolute Gasteiger partial charge is 0.450 e. The van der Waals surface area contributed by atoms with Gasteiger partial charge < -0.3 is 9.72 Å². The number of hydrogen-bond acceptors (Lipinski definition) is 2. The number of H-pyrrole nitrogens is 1. The summed E-state index contributed by atoms with van der Waals surface area (Å²) in [6.07, 6.45) is 1.29. The molecule has 0 saturated carbocycles. The van der Waals surface area contributed by atoms with Crippen molar-refractivity contribution in [3.05, 3.63) is 18.3 Å². The van der Waals surface area contributed by atoms with Gasteiger partial charge in [-0.1, -0.05) is 0 Å². The summed E-state index contributed by atoms with van der Waals surface area (Å²) in [6, 6.07) is 3.54. The molecule has 0 saturated heterocycles. The van der Waals surface area contributed by atoms with E-state index in [2.05, 4.69) is 15.0 Å². The predicted octanol–water partition coefficient (Wildman–Crippen LogP) is 1.58. The highest BCUT2D eigenvalue weighted by Gasteiger charge is 1.99. The van der Waals surface area contributed by atoms with Gasteiger partial charge in [0.2, 0.25) is 0 Å². The Bertz CT molecular complexity index is 218. The monoisotopic (exact) mass is 154 g/mol. The summed E-state index contributed by atoms with van der Waals surface area (Å²) in [5, 5.41) is 2.51. The summed E-state index contributed by atoms with van der Waals surface area (Å²) in [4.78, 5) is 13.6. The Balaban J connectivity index is 2.37. The molecule has 1 heterocycles. The molecule has 60 valence electrons. The molecule has 2 N–H and O–H groups in total. The van der Waals surface area contributed by atoms with Crippen molar-refractivity contribution in [2.75, 3.05) is 11.9 Å². The van der Waals surface area contributed by atoms with Gasteiger partial charge in [0.05, 0.1) is 6.61 Å². The molecule has 11 heavy (non-hydrogen) atoms. The van der Waals surface area contributed by atoms with E-state index in [1.54, 1.807) is 25.3 Å². The maximum Gasteiger partial charge on any atom is 0.412 e. The molecule has 1 amide bonds. The minimum absolute atomic E-state index is 0.381. The molecule has 0 radical (unpaired) electrons. The van der Waals surface area contributed by atoms with E-state index >= 15 is 0 Å². The second kappa shape index (κ2) is 3.65. The number of aromatic amines is 1. The summed E-state index contributed by atoms with van der Waals surface area (Å²) in [7, 11) is 0. The first-order valence-electron chi connectivity index (χ1n) is 3.40. The molecule has 1 aromatic rings. The third-order valence-electron chi connectivity index (χ3n) is 1.11. The predicted molar refractivity (Wildman–Crippen MR) is 41.4 cm³/mol. The first-order valence-corrected chi connectivity index (χ1v) is 3.40. The van der Waals surface area contributed by atoms with Crippen molar-refractivity contribution in [3.8, 4) is 0 Å². The van der Waals surface area contributed by atoms with Crippen molar-refractivity contribution >= 4 is 11.9 Å². The van der Waals surface area contributed by atoms with Crippen molar-refractivity contribution < 1.29 is 9.53 Å². The van der Waals surface area contributed by atoms with Crippen molar-refractivity contribution in [2.45, 2.75) is 6.92 Å². The van der Waals surface area contributed by atoms with Crippen LogP contribution in [0.1, 0.15) is 6.92 Å². The van der Waals surface area contributed by atoms with Crippen molar-refractivity contribution in [3.63, 3.8) is 0 Å². The van der Waals surface area contributed by atoms with E-state index in [4.69, 9.17) is 0 Å². The molecule has 0 aliphatic heterocycles. The highest BCUT2D eigenvalue weighted by atomic mass is 16.5. The van der Waals surface area contributed by atoms with Gasteiger partial charge in [0.25, 0.3) is 0 Å². The summed E-state index contributed by atoms with van der Waals surface area (Å²) >= 11 is 0. The number of rotatable bonds is 2. The van der Waals surface area contributed by atoms with Gasteiger partial charge >= 0.3 is 6.09 Å². The molecule has 1 rings (SSSR count). The second-order valence-corrected chi connectivity index (χ2v) is 1.93. The van der Waals surface area contributed by atoms with E-state index in [1.165, 1.54) is 0 Å². The quantitative estimate of drug-likeness (QED) is 0.679. The van der Waals surface area contributed by atoms with E-state index in [1.807, 2.05) is 0 Å². The van der Waals surface area contributed by atoms with Crippen LogP contribution in [0.2, 0.25) is 0 Å².